The lowest BCUT2D eigenvalue weighted by Gasteiger charge is -2.15. The van der Waals surface area contributed by atoms with E-state index in [-0.39, 0.29) is 11.7 Å². The first kappa shape index (κ1) is 23.4. The van der Waals surface area contributed by atoms with Crippen LogP contribution < -0.4 is 10.6 Å². The molecule has 1 aliphatic rings. The van der Waals surface area contributed by atoms with Crippen LogP contribution in [-0.4, -0.2) is 51.6 Å². The maximum absolute atomic E-state index is 14.4. The van der Waals surface area contributed by atoms with Crippen molar-refractivity contribution in [3.63, 3.8) is 0 Å². The van der Waals surface area contributed by atoms with Gasteiger partial charge in [0.05, 0.1) is 16.4 Å². The fourth-order valence-electron chi connectivity index (χ4n) is 4.27. The van der Waals surface area contributed by atoms with Crippen molar-refractivity contribution in [2.24, 2.45) is 0 Å². The summed E-state index contributed by atoms with van der Waals surface area (Å²) in [6.45, 7) is 4.30. The molecule has 9 heteroatoms. The van der Waals surface area contributed by atoms with Crippen LogP contribution in [0.25, 0.3) is 16.9 Å². The van der Waals surface area contributed by atoms with E-state index < -0.39 is 0 Å². The number of nitrogens with zero attached hydrogens (tertiary/aromatic N) is 4. The number of amides is 1. The number of carbonyl (C=O) groups is 1. The molecule has 2 N–H and O–H groups in total. The molecule has 0 atom stereocenters. The van der Waals surface area contributed by atoms with E-state index in [9.17, 15) is 9.18 Å². The molecule has 7 nitrogen and oxygen atoms in total. The zero-order valence-electron chi connectivity index (χ0n) is 19.2. The molecule has 180 valence electrons. The van der Waals surface area contributed by atoms with E-state index in [4.69, 9.17) is 0 Å². The van der Waals surface area contributed by atoms with Gasteiger partial charge in [-0.3, -0.25) is 4.79 Å². The van der Waals surface area contributed by atoms with Crippen molar-refractivity contribution >= 4 is 33.3 Å². The van der Waals surface area contributed by atoms with Crippen LogP contribution >= 0.6 is 15.9 Å². The van der Waals surface area contributed by atoms with E-state index in [1.807, 2.05) is 24.3 Å². The van der Waals surface area contributed by atoms with Crippen molar-refractivity contribution in [3.05, 3.63) is 82.2 Å². The van der Waals surface area contributed by atoms with Gasteiger partial charge in [-0.15, -0.1) is 0 Å². The van der Waals surface area contributed by atoms with E-state index in [1.54, 1.807) is 35.0 Å². The Morgan fingerprint density at radius 2 is 1.86 bits per heavy atom. The maximum Gasteiger partial charge on any atom is 0.251 e. The Labute approximate surface area is 211 Å². The highest BCUT2D eigenvalue weighted by atomic mass is 79.9. The van der Waals surface area contributed by atoms with Crippen LogP contribution in [0.15, 0.2) is 65.3 Å². The topological polar surface area (TPSA) is 74.6 Å². The molecule has 2 aromatic heterocycles. The number of hydrogen-bond donors (Lipinski definition) is 2. The predicted molar refractivity (Wildman–Crippen MR) is 138 cm³/mol. The highest BCUT2D eigenvalue weighted by Crippen LogP contribution is 2.27. The Morgan fingerprint density at radius 3 is 2.63 bits per heavy atom. The largest absolute Gasteiger partial charge is 0.366 e. The minimum Gasteiger partial charge on any atom is -0.366 e. The van der Waals surface area contributed by atoms with Gasteiger partial charge in [0, 0.05) is 36.8 Å². The van der Waals surface area contributed by atoms with Crippen molar-refractivity contribution < 1.29 is 9.18 Å². The summed E-state index contributed by atoms with van der Waals surface area (Å²) in [6.07, 6.45) is 4.16. The molecule has 0 unspecified atom stereocenters. The first-order valence-electron chi connectivity index (χ1n) is 11.7. The molecule has 1 saturated heterocycles. The first-order valence-corrected chi connectivity index (χ1v) is 12.5. The molecular weight excluding hydrogens is 511 g/mol. The molecule has 1 fully saturated rings. The minimum atomic E-state index is -0.333. The highest BCUT2D eigenvalue weighted by Gasteiger charge is 2.14. The molecule has 35 heavy (non-hydrogen) atoms. The SMILES string of the molecule is O=C(NCCN1CCCC1)c1ccc(CNc2cc(-c3ccccc3F)nc3c(Br)cnn23)cc1. The van der Waals surface area contributed by atoms with Crippen LogP contribution in [-0.2, 0) is 6.54 Å². The van der Waals surface area contributed by atoms with Gasteiger partial charge in [-0.05, 0) is 71.7 Å². The average Bonchev–Trinajstić information content (AvgIpc) is 3.53. The second-order valence-corrected chi connectivity index (χ2v) is 9.44. The summed E-state index contributed by atoms with van der Waals surface area (Å²) in [5.41, 5.74) is 3.17. The van der Waals surface area contributed by atoms with Gasteiger partial charge >= 0.3 is 0 Å². The van der Waals surface area contributed by atoms with E-state index in [0.29, 0.717) is 41.4 Å². The van der Waals surface area contributed by atoms with Crippen LogP contribution in [0.2, 0.25) is 0 Å². The Kier molecular flexibility index (Phi) is 7.06. The van der Waals surface area contributed by atoms with Gasteiger partial charge in [-0.2, -0.15) is 9.61 Å². The zero-order chi connectivity index (χ0) is 24.2. The zero-order valence-corrected chi connectivity index (χ0v) is 20.8. The summed E-state index contributed by atoms with van der Waals surface area (Å²) in [5.74, 6) is 0.290. The lowest BCUT2D eigenvalue weighted by atomic mass is 10.1. The number of nitrogens with one attached hydrogen (secondary N) is 2. The lowest BCUT2D eigenvalue weighted by molar-refractivity contribution is 0.0949. The summed E-state index contributed by atoms with van der Waals surface area (Å²) in [7, 11) is 0. The molecule has 4 aromatic rings. The minimum absolute atomic E-state index is 0.0598. The molecule has 2 aromatic carbocycles. The lowest BCUT2D eigenvalue weighted by Crippen LogP contribution is -2.33. The fourth-order valence-corrected chi connectivity index (χ4v) is 4.62. The third kappa shape index (κ3) is 5.36. The van der Waals surface area contributed by atoms with E-state index >= 15 is 0 Å². The molecule has 1 aliphatic heterocycles. The Balaban J connectivity index is 1.27. The monoisotopic (exact) mass is 536 g/mol. The third-order valence-electron chi connectivity index (χ3n) is 6.18. The number of aromatic nitrogens is 3. The van der Waals surface area contributed by atoms with Crippen LogP contribution in [0.5, 0.6) is 0 Å². The van der Waals surface area contributed by atoms with E-state index in [2.05, 4.69) is 41.5 Å². The van der Waals surface area contributed by atoms with Crippen LogP contribution in [0.3, 0.4) is 0 Å². The third-order valence-corrected chi connectivity index (χ3v) is 6.74. The Bertz CT molecular complexity index is 1330. The van der Waals surface area contributed by atoms with Crippen molar-refractivity contribution in [1.82, 2.24) is 24.8 Å². The smallest absolute Gasteiger partial charge is 0.251 e. The van der Waals surface area contributed by atoms with E-state index in [1.165, 1.54) is 18.9 Å². The summed E-state index contributed by atoms with van der Waals surface area (Å²) < 4.78 is 16.8. The summed E-state index contributed by atoms with van der Waals surface area (Å²) >= 11 is 3.47. The number of likely N-dealkylation sites (tertiary alicyclic amines) is 1. The van der Waals surface area contributed by atoms with Crippen LogP contribution in [0.1, 0.15) is 28.8 Å². The van der Waals surface area contributed by atoms with Crippen molar-refractivity contribution in [1.29, 1.82) is 0 Å². The van der Waals surface area contributed by atoms with Gasteiger partial charge in [0.1, 0.15) is 11.6 Å². The van der Waals surface area contributed by atoms with Gasteiger partial charge in [0.2, 0.25) is 0 Å². The number of anilines is 1. The molecular formula is C26H26BrFN6O. The molecule has 0 aliphatic carbocycles. The second-order valence-electron chi connectivity index (χ2n) is 8.59. The molecule has 0 spiro atoms. The van der Waals surface area contributed by atoms with Gasteiger partial charge in [-0.1, -0.05) is 24.3 Å². The second kappa shape index (κ2) is 10.5. The maximum atomic E-state index is 14.4. The Hall–Kier alpha value is -3.30. The molecule has 0 bridgehead atoms. The van der Waals surface area contributed by atoms with Gasteiger partial charge in [0.25, 0.3) is 5.91 Å². The number of halogens is 2. The van der Waals surface area contributed by atoms with Gasteiger partial charge in [0.15, 0.2) is 5.65 Å². The molecule has 0 saturated carbocycles. The summed E-state index contributed by atoms with van der Waals surface area (Å²) in [6, 6.07) is 15.9. The standard InChI is InChI=1S/C26H26BrFN6O/c27-21-17-31-34-24(15-23(32-25(21)34)20-5-1-2-6-22(20)28)30-16-18-7-9-19(10-8-18)26(35)29-11-14-33-12-3-4-13-33/h1-2,5-10,15,17,30H,3-4,11-14,16H2,(H,29,35). The van der Waals surface area contributed by atoms with Gasteiger partial charge in [-0.25, -0.2) is 9.37 Å². The number of benzene rings is 2. The average molecular weight is 537 g/mol. The normalized spacial score (nSPS) is 13.9. The summed E-state index contributed by atoms with van der Waals surface area (Å²) in [5, 5.41) is 10.8. The summed E-state index contributed by atoms with van der Waals surface area (Å²) in [4.78, 5) is 19.4. The van der Waals surface area contributed by atoms with Gasteiger partial charge < -0.3 is 15.5 Å². The molecule has 5 rings (SSSR count). The van der Waals surface area contributed by atoms with E-state index in [0.717, 1.165) is 29.7 Å². The van der Waals surface area contributed by atoms with Crippen LogP contribution in [0, 0.1) is 5.82 Å². The molecule has 0 radical (unpaired) electrons. The number of carbonyl (C=O) groups excluding carboxylic acids is 1. The quantitative estimate of drug-likeness (QED) is 0.340. The number of fused-ring (bicyclic) bond motifs is 1. The number of rotatable bonds is 8. The first-order chi connectivity index (χ1) is 17.1. The Morgan fingerprint density at radius 1 is 1.09 bits per heavy atom. The highest BCUT2D eigenvalue weighted by molar-refractivity contribution is 9.10. The van der Waals surface area contributed by atoms with Crippen molar-refractivity contribution in [3.8, 4) is 11.3 Å². The fraction of sp³-hybridized carbons (Fsp3) is 0.269. The predicted octanol–water partition coefficient (Wildman–Crippen LogP) is 4.74. The van der Waals surface area contributed by atoms with Crippen molar-refractivity contribution in [2.75, 3.05) is 31.5 Å². The molecule has 3 heterocycles. The molecule has 1 amide bonds. The van der Waals surface area contributed by atoms with Crippen LogP contribution in [0.4, 0.5) is 10.2 Å². The number of hydrogen-bond acceptors (Lipinski definition) is 5. The van der Waals surface area contributed by atoms with Crippen molar-refractivity contribution in [2.45, 2.75) is 19.4 Å².